The predicted molar refractivity (Wildman–Crippen MR) is 115 cm³/mol. The third kappa shape index (κ3) is 4.10. The number of piperidine rings is 1. The molecular formula is C24H31NO5. The van der Waals surface area contributed by atoms with E-state index in [0.717, 1.165) is 55.0 Å². The van der Waals surface area contributed by atoms with Gasteiger partial charge in [0.2, 0.25) is 0 Å². The van der Waals surface area contributed by atoms with Crippen LogP contribution in [0.4, 0.5) is 0 Å². The molecule has 2 unspecified atom stereocenters. The minimum atomic E-state index is -0.602. The molecule has 6 nitrogen and oxygen atoms in total. The highest BCUT2D eigenvalue weighted by Crippen LogP contribution is 2.39. The Morgan fingerprint density at radius 2 is 2.13 bits per heavy atom. The van der Waals surface area contributed by atoms with Crippen LogP contribution in [0.5, 0.6) is 5.75 Å². The molecule has 1 aliphatic carbocycles. The quantitative estimate of drug-likeness (QED) is 0.758. The normalized spacial score (nSPS) is 24.0. The SMILES string of the molecule is CCCc1cc(=O)oc2cc(C)cc(OCC(=O)N3CCC4(O)CCCCC4C3)c12. The number of hydrogen-bond acceptors (Lipinski definition) is 5. The second-order valence-corrected chi connectivity index (χ2v) is 8.90. The molecule has 1 aromatic heterocycles. The van der Waals surface area contributed by atoms with Crippen molar-refractivity contribution in [3.63, 3.8) is 0 Å². The molecule has 30 heavy (non-hydrogen) atoms. The lowest BCUT2D eigenvalue weighted by molar-refractivity contribution is -0.145. The van der Waals surface area contributed by atoms with E-state index in [1.54, 1.807) is 0 Å². The van der Waals surface area contributed by atoms with Crippen LogP contribution in [0.15, 0.2) is 27.4 Å². The number of carbonyl (C=O) groups excluding carboxylic acids is 1. The van der Waals surface area contributed by atoms with Crippen LogP contribution in [-0.4, -0.2) is 41.2 Å². The van der Waals surface area contributed by atoms with E-state index >= 15 is 0 Å². The summed E-state index contributed by atoms with van der Waals surface area (Å²) in [6.07, 6.45) is 6.28. The summed E-state index contributed by atoms with van der Waals surface area (Å²) in [5.74, 6) is 0.678. The van der Waals surface area contributed by atoms with Crippen molar-refractivity contribution in [2.75, 3.05) is 19.7 Å². The molecule has 6 heteroatoms. The molecule has 2 atom stereocenters. The maximum absolute atomic E-state index is 12.9. The van der Waals surface area contributed by atoms with Crippen molar-refractivity contribution in [3.05, 3.63) is 39.7 Å². The lowest BCUT2D eigenvalue weighted by Gasteiger charge is -2.47. The fourth-order valence-electron chi connectivity index (χ4n) is 5.08. The molecule has 162 valence electrons. The molecule has 1 aliphatic heterocycles. The molecule has 1 saturated heterocycles. The van der Waals surface area contributed by atoms with Crippen molar-refractivity contribution in [2.24, 2.45) is 5.92 Å². The van der Waals surface area contributed by atoms with Gasteiger partial charge in [0.25, 0.3) is 5.91 Å². The number of benzene rings is 1. The van der Waals surface area contributed by atoms with Crippen LogP contribution >= 0.6 is 0 Å². The van der Waals surface area contributed by atoms with Crippen molar-refractivity contribution in [1.82, 2.24) is 4.90 Å². The summed E-state index contributed by atoms with van der Waals surface area (Å²) in [5.41, 5.74) is 1.32. The first kappa shape index (κ1) is 20.9. The third-order valence-electron chi connectivity index (χ3n) is 6.68. The second-order valence-electron chi connectivity index (χ2n) is 8.90. The molecule has 1 amide bonds. The largest absolute Gasteiger partial charge is 0.483 e. The molecular weight excluding hydrogens is 382 g/mol. The van der Waals surface area contributed by atoms with Crippen molar-refractivity contribution in [3.8, 4) is 5.75 Å². The summed E-state index contributed by atoms with van der Waals surface area (Å²) in [7, 11) is 0. The molecule has 2 aliphatic rings. The molecule has 2 fully saturated rings. The Kier molecular flexibility index (Phi) is 5.87. The number of fused-ring (bicyclic) bond motifs is 2. The smallest absolute Gasteiger partial charge is 0.336 e. The summed E-state index contributed by atoms with van der Waals surface area (Å²) in [4.78, 5) is 26.6. The van der Waals surface area contributed by atoms with Gasteiger partial charge in [-0.3, -0.25) is 4.79 Å². The lowest BCUT2D eigenvalue weighted by atomic mass is 9.71. The Balaban J connectivity index is 1.52. The van der Waals surface area contributed by atoms with E-state index in [9.17, 15) is 14.7 Å². The van der Waals surface area contributed by atoms with E-state index in [1.807, 2.05) is 24.0 Å². The minimum absolute atomic E-state index is 0.0611. The zero-order chi connectivity index (χ0) is 21.3. The average Bonchev–Trinajstić information content (AvgIpc) is 2.70. The fourth-order valence-corrected chi connectivity index (χ4v) is 5.08. The van der Waals surface area contributed by atoms with E-state index < -0.39 is 5.60 Å². The van der Waals surface area contributed by atoms with Crippen LogP contribution < -0.4 is 10.4 Å². The molecule has 0 spiro atoms. The van der Waals surface area contributed by atoms with Crippen molar-refractivity contribution in [2.45, 2.75) is 64.4 Å². The fraction of sp³-hybridized carbons (Fsp3) is 0.583. The number of carbonyl (C=O) groups is 1. The Morgan fingerprint density at radius 3 is 2.93 bits per heavy atom. The molecule has 1 N–H and O–H groups in total. The van der Waals surface area contributed by atoms with Crippen molar-refractivity contribution in [1.29, 1.82) is 0 Å². The number of rotatable bonds is 5. The number of aliphatic hydroxyl groups is 1. The van der Waals surface area contributed by atoms with Crippen LogP contribution in [-0.2, 0) is 11.2 Å². The second kappa shape index (κ2) is 8.42. The van der Waals surface area contributed by atoms with Gasteiger partial charge in [-0.25, -0.2) is 4.79 Å². The molecule has 4 rings (SSSR count). The average molecular weight is 414 g/mol. The summed E-state index contributed by atoms with van der Waals surface area (Å²) in [5, 5.41) is 11.6. The van der Waals surface area contributed by atoms with Gasteiger partial charge in [0.05, 0.1) is 11.0 Å². The van der Waals surface area contributed by atoms with Crippen molar-refractivity contribution >= 4 is 16.9 Å². The Morgan fingerprint density at radius 1 is 1.30 bits per heavy atom. The van der Waals surface area contributed by atoms with Gasteiger partial charge < -0.3 is 19.2 Å². The van der Waals surface area contributed by atoms with Gasteiger partial charge in [0.1, 0.15) is 11.3 Å². The summed E-state index contributed by atoms with van der Waals surface area (Å²) >= 11 is 0. The van der Waals surface area contributed by atoms with Crippen LogP contribution in [0, 0.1) is 12.8 Å². The highest BCUT2D eigenvalue weighted by Gasteiger charge is 2.43. The highest BCUT2D eigenvalue weighted by molar-refractivity contribution is 5.88. The van der Waals surface area contributed by atoms with Crippen LogP contribution in [0.25, 0.3) is 11.0 Å². The number of hydrogen-bond donors (Lipinski definition) is 1. The van der Waals surface area contributed by atoms with E-state index in [4.69, 9.17) is 9.15 Å². The first-order valence-corrected chi connectivity index (χ1v) is 11.1. The first-order chi connectivity index (χ1) is 14.4. The van der Waals surface area contributed by atoms with Gasteiger partial charge in [0, 0.05) is 25.1 Å². The van der Waals surface area contributed by atoms with Gasteiger partial charge >= 0.3 is 5.63 Å². The van der Waals surface area contributed by atoms with Gasteiger partial charge in [0.15, 0.2) is 6.61 Å². The number of amides is 1. The monoisotopic (exact) mass is 413 g/mol. The van der Waals surface area contributed by atoms with E-state index in [-0.39, 0.29) is 24.1 Å². The van der Waals surface area contributed by atoms with E-state index in [2.05, 4.69) is 6.92 Å². The maximum atomic E-state index is 12.9. The Hall–Kier alpha value is -2.34. The van der Waals surface area contributed by atoms with E-state index in [0.29, 0.717) is 30.8 Å². The standard InChI is InChI=1S/C24H31NO5/c1-3-6-17-13-22(27)30-20-12-16(2)11-19(23(17)20)29-15-21(26)25-10-9-24(28)8-5-4-7-18(24)14-25/h11-13,18,28H,3-10,14-15H2,1-2H3. The van der Waals surface area contributed by atoms with Gasteiger partial charge in [-0.15, -0.1) is 0 Å². The highest BCUT2D eigenvalue weighted by atomic mass is 16.5. The topological polar surface area (TPSA) is 80.0 Å². The molecule has 0 bridgehead atoms. The van der Waals surface area contributed by atoms with E-state index in [1.165, 1.54) is 6.07 Å². The molecule has 1 saturated carbocycles. The summed E-state index contributed by atoms with van der Waals surface area (Å²) in [6, 6.07) is 5.24. The Labute approximate surface area is 176 Å². The summed E-state index contributed by atoms with van der Waals surface area (Å²) in [6.45, 7) is 5.08. The number of likely N-dealkylation sites (tertiary alicyclic amines) is 1. The third-order valence-corrected chi connectivity index (χ3v) is 6.68. The van der Waals surface area contributed by atoms with Gasteiger partial charge in [-0.1, -0.05) is 26.2 Å². The van der Waals surface area contributed by atoms with Crippen LogP contribution in [0.3, 0.4) is 0 Å². The lowest BCUT2D eigenvalue weighted by Crippen LogP contribution is -2.55. The number of ether oxygens (including phenoxy) is 1. The zero-order valence-corrected chi connectivity index (χ0v) is 17.9. The number of aryl methyl sites for hydroxylation is 2. The van der Waals surface area contributed by atoms with Crippen molar-refractivity contribution < 1.29 is 19.1 Å². The molecule has 1 aromatic carbocycles. The molecule has 2 heterocycles. The van der Waals surface area contributed by atoms with Crippen LogP contribution in [0.2, 0.25) is 0 Å². The molecule has 0 radical (unpaired) electrons. The van der Waals surface area contributed by atoms with Gasteiger partial charge in [-0.2, -0.15) is 0 Å². The maximum Gasteiger partial charge on any atom is 0.336 e. The zero-order valence-electron chi connectivity index (χ0n) is 17.9. The minimum Gasteiger partial charge on any atom is -0.483 e. The van der Waals surface area contributed by atoms with Crippen LogP contribution in [0.1, 0.15) is 56.6 Å². The van der Waals surface area contributed by atoms with Gasteiger partial charge in [-0.05, 0) is 55.9 Å². The number of nitrogens with zero attached hydrogens (tertiary/aromatic N) is 1. The molecule has 2 aromatic rings. The predicted octanol–water partition coefficient (Wildman–Crippen LogP) is 3.59. The Bertz CT molecular complexity index is 997. The summed E-state index contributed by atoms with van der Waals surface area (Å²) < 4.78 is 11.4. The first-order valence-electron chi connectivity index (χ1n) is 11.1.